The number of ether oxygens (including phenoxy) is 1. The lowest BCUT2D eigenvalue weighted by Gasteiger charge is -2.37. The monoisotopic (exact) mass is 255 g/mol. The molecule has 1 aliphatic heterocycles. The summed E-state index contributed by atoms with van der Waals surface area (Å²) in [6.07, 6.45) is 8.28. The highest BCUT2D eigenvalue weighted by atomic mass is 16.5. The van der Waals surface area contributed by atoms with E-state index in [1.54, 1.807) is 0 Å². The summed E-state index contributed by atoms with van der Waals surface area (Å²) in [4.78, 5) is 12.3. The molecule has 0 atom stereocenters. The van der Waals surface area contributed by atoms with Crippen LogP contribution in [0.3, 0.4) is 0 Å². The van der Waals surface area contributed by atoms with E-state index in [9.17, 15) is 9.90 Å². The lowest BCUT2D eigenvalue weighted by Crippen LogP contribution is -2.56. The fraction of sp³-hybridized carbons (Fsp3) is 0.929. The average molecular weight is 255 g/mol. The van der Waals surface area contributed by atoms with E-state index in [0.717, 1.165) is 38.5 Å². The lowest BCUT2D eigenvalue weighted by molar-refractivity contribution is -0.129. The number of rotatable bonds is 3. The van der Waals surface area contributed by atoms with Gasteiger partial charge < -0.3 is 15.2 Å². The molecule has 4 heteroatoms. The van der Waals surface area contributed by atoms with Gasteiger partial charge in [0.1, 0.15) is 0 Å². The summed E-state index contributed by atoms with van der Waals surface area (Å²) in [6, 6.07) is 0. The molecule has 1 amide bonds. The molecule has 2 aliphatic rings. The highest BCUT2D eigenvalue weighted by Gasteiger charge is 2.35. The van der Waals surface area contributed by atoms with Crippen molar-refractivity contribution in [1.29, 1.82) is 0 Å². The van der Waals surface area contributed by atoms with Crippen LogP contribution in [0.15, 0.2) is 0 Å². The number of aliphatic hydroxyl groups excluding tert-OH is 1. The van der Waals surface area contributed by atoms with E-state index in [2.05, 4.69) is 5.32 Å². The first-order chi connectivity index (χ1) is 8.76. The fourth-order valence-corrected chi connectivity index (χ4v) is 2.99. The zero-order valence-corrected chi connectivity index (χ0v) is 11.1. The van der Waals surface area contributed by atoms with Crippen molar-refractivity contribution >= 4 is 5.91 Å². The molecule has 104 valence electrons. The van der Waals surface area contributed by atoms with Crippen molar-refractivity contribution in [3.05, 3.63) is 0 Å². The summed E-state index contributed by atoms with van der Waals surface area (Å²) >= 11 is 0. The normalized spacial score (nSPS) is 25.4. The van der Waals surface area contributed by atoms with Crippen LogP contribution in [0.1, 0.15) is 51.4 Å². The maximum atomic E-state index is 12.3. The predicted octanol–water partition coefficient (Wildman–Crippen LogP) is 1.61. The molecule has 0 bridgehead atoms. The zero-order valence-electron chi connectivity index (χ0n) is 11.1. The summed E-state index contributed by atoms with van der Waals surface area (Å²) in [5.74, 6) is 0.298. The highest BCUT2D eigenvalue weighted by Crippen LogP contribution is 2.26. The van der Waals surface area contributed by atoms with Crippen molar-refractivity contribution in [3.63, 3.8) is 0 Å². The number of nitrogens with one attached hydrogen (secondary N) is 1. The largest absolute Gasteiger partial charge is 0.394 e. The molecular weight excluding hydrogens is 230 g/mol. The molecule has 1 aliphatic carbocycles. The first kappa shape index (κ1) is 13.8. The summed E-state index contributed by atoms with van der Waals surface area (Å²) < 4.78 is 5.31. The third-order valence-electron chi connectivity index (χ3n) is 4.37. The third-order valence-corrected chi connectivity index (χ3v) is 4.37. The van der Waals surface area contributed by atoms with Crippen LogP contribution < -0.4 is 5.32 Å². The number of carbonyl (C=O) groups is 1. The molecule has 0 aromatic carbocycles. The lowest BCUT2D eigenvalue weighted by atomic mass is 9.89. The maximum Gasteiger partial charge on any atom is 0.223 e. The average Bonchev–Trinajstić information content (AvgIpc) is 2.68. The van der Waals surface area contributed by atoms with E-state index in [4.69, 9.17) is 4.74 Å². The third kappa shape index (κ3) is 3.45. The Bertz CT molecular complexity index is 266. The van der Waals surface area contributed by atoms with Gasteiger partial charge in [0.2, 0.25) is 5.91 Å². The Morgan fingerprint density at radius 3 is 2.33 bits per heavy atom. The summed E-state index contributed by atoms with van der Waals surface area (Å²) in [5.41, 5.74) is -0.429. The van der Waals surface area contributed by atoms with Gasteiger partial charge in [-0.15, -0.1) is 0 Å². The zero-order chi connectivity index (χ0) is 12.8. The van der Waals surface area contributed by atoms with Gasteiger partial charge in [-0.25, -0.2) is 0 Å². The minimum absolute atomic E-state index is 0.0226. The van der Waals surface area contributed by atoms with Gasteiger partial charge in [0, 0.05) is 19.1 Å². The molecule has 2 N–H and O–H groups in total. The van der Waals surface area contributed by atoms with Crippen LogP contribution in [-0.4, -0.2) is 36.4 Å². The number of amides is 1. The second kappa shape index (κ2) is 6.53. The molecule has 1 saturated carbocycles. The van der Waals surface area contributed by atoms with E-state index in [0.29, 0.717) is 13.2 Å². The molecule has 2 rings (SSSR count). The molecule has 0 aromatic rings. The Hall–Kier alpha value is -0.610. The van der Waals surface area contributed by atoms with Gasteiger partial charge in [-0.2, -0.15) is 0 Å². The smallest absolute Gasteiger partial charge is 0.223 e. The number of hydrogen-bond donors (Lipinski definition) is 2. The van der Waals surface area contributed by atoms with Crippen LogP contribution in [0, 0.1) is 5.92 Å². The maximum absolute atomic E-state index is 12.3. The van der Waals surface area contributed by atoms with Crippen molar-refractivity contribution in [1.82, 2.24) is 5.32 Å². The van der Waals surface area contributed by atoms with E-state index >= 15 is 0 Å². The van der Waals surface area contributed by atoms with E-state index < -0.39 is 5.54 Å². The van der Waals surface area contributed by atoms with Crippen LogP contribution in [0.25, 0.3) is 0 Å². The molecule has 0 unspecified atom stereocenters. The fourth-order valence-electron chi connectivity index (χ4n) is 2.99. The molecule has 2 fully saturated rings. The number of hydrogen-bond acceptors (Lipinski definition) is 3. The Balaban J connectivity index is 1.91. The van der Waals surface area contributed by atoms with Crippen molar-refractivity contribution in [3.8, 4) is 0 Å². The van der Waals surface area contributed by atoms with E-state index in [1.165, 1.54) is 12.8 Å². The topological polar surface area (TPSA) is 58.6 Å². The SMILES string of the molecule is O=C(NC1(CO)CCOCC1)C1CCCCCC1. The summed E-state index contributed by atoms with van der Waals surface area (Å²) in [7, 11) is 0. The van der Waals surface area contributed by atoms with Crippen molar-refractivity contribution < 1.29 is 14.6 Å². The van der Waals surface area contributed by atoms with E-state index in [-0.39, 0.29) is 18.4 Å². The van der Waals surface area contributed by atoms with Crippen molar-refractivity contribution in [2.24, 2.45) is 5.92 Å². The second-order valence-electron chi connectivity index (χ2n) is 5.73. The van der Waals surface area contributed by atoms with Crippen molar-refractivity contribution in [2.75, 3.05) is 19.8 Å². The molecule has 4 nitrogen and oxygen atoms in total. The first-order valence-electron chi connectivity index (χ1n) is 7.26. The van der Waals surface area contributed by atoms with Gasteiger partial charge >= 0.3 is 0 Å². The minimum atomic E-state index is -0.429. The van der Waals surface area contributed by atoms with Crippen LogP contribution in [0.2, 0.25) is 0 Å². The molecule has 1 heterocycles. The van der Waals surface area contributed by atoms with Crippen LogP contribution in [0.4, 0.5) is 0 Å². The molecule has 0 aromatic heterocycles. The Kier molecular flexibility index (Phi) is 5.01. The molecule has 0 spiro atoms. The number of carbonyl (C=O) groups excluding carboxylic acids is 1. The Morgan fingerprint density at radius 2 is 1.78 bits per heavy atom. The molecule has 1 saturated heterocycles. The molecular formula is C14H25NO3. The Labute approximate surface area is 109 Å². The van der Waals surface area contributed by atoms with Crippen molar-refractivity contribution in [2.45, 2.75) is 56.9 Å². The summed E-state index contributed by atoms with van der Waals surface area (Å²) in [6.45, 7) is 1.28. The van der Waals surface area contributed by atoms with Crippen LogP contribution >= 0.6 is 0 Å². The van der Waals surface area contributed by atoms with Gasteiger partial charge in [-0.3, -0.25) is 4.79 Å². The van der Waals surface area contributed by atoms with Gasteiger partial charge in [-0.05, 0) is 25.7 Å². The quantitative estimate of drug-likeness (QED) is 0.753. The highest BCUT2D eigenvalue weighted by molar-refractivity contribution is 5.79. The predicted molar refractivity (Wildman–Crippen MR) is 69.2 cm³/mol. The molecule has 0 radical (unpaired) electrons. The Morgan fingerprint density at radius 1 is 1.17 bits per heavy atom. The number of aliphatic hydroxyl groups is 1. The van der Waals surface area contributed by atoms with Gasteiger partial charge in [0.25, 0.3) is 0 Å². The molecule has 18 heavy (non-hydrogen) atoms. The van der Waals surface area contributed by atoms with Crippen LogP contribution in [-0.2, 0) is 9.53 Å². The summed E-state index contributed by atoms with van der Waals surface area (Å²) in [5, 5.41) is 12.7. The standard InChI is InChI=1S/C14H25NO3/c16-11-14(7-9-18-10-8-14)15-13(17)12-5-3-1-2-4-6-12/h12,16H,1-11H2,(H,15,17). The van der Waals surface area contributed by atoms with Crippen LogP contribution in [0.5, 0.6) is 0 Å². The van der Waals surface area contributed by atoms with Gasteiger partial charge in [-0.1, -0.05) is 25.7 Å². The minimum Gasteiger partial charge on any atom is -0.394 e. The first-order valence-corrected chi connectivity index (χ1v) is 7.26. The van der Waals surface area contributed by atoms with Gasteiger partial charge in [0.15, 0.2) is 0 Å². The second-order valence-corrected chi connectivity index (χ2v) is 5.73. The van der Waals surface area contributed by atoms with E-state index in [1.807, 2.05) is 0 Å². The van der Waals surface area contributed by atoms with Gasteiger partial charge in [0.05, 0.1) is 12.1 Å².